The van der Waals surface area contributed by atoms with Gasteiger partial charge in [-0.3, -0.25) is 4.79 Å². The smallest absolute Gasteiger partial charge is 0.170 e. The number of halogens is 2. The molecule has 67 heavy (non-hydrogen) atoms. The number of benzene rings is 4. The van der Waals surface area contributed by atoms with Crippen molar-refractivity contribution in [2.24, 2.45) is 0 Å². The summed E-state index contributed by atoms with van der Waals surface area (Å²) in [5.74, 6) is 1.74. The molecule has 4 aromatic rings. The maximum atomic E-state index is 12.9. The lowest BCUT2D eigenvalue weighted by atomic mass is 9.87. The van der Waals surface area contributed by atoms with Crippen LogP contribution in [-0.4, -0.2) is 120 Å². The largest absolute Gasteiger partial charge is 0.487 e. The molecule has 6 aliphatic rings. The van der Waals surface area contributed by atoms with Crippen molar-refractivity contribution < 1.29 is 64.6 Å². The molecule has 4 aliphatic heterocycles. The minimum Gasteiger partial charge on any atom is -0.487 e. The Hall–Kier alpha value is -3.67. The van der Waals surface area contributed by atoms with E-state index in [0.717, 1.165) is 79.4 Å². The van der Waals surface area contributed by atoms with E-state index in [4.69, 9.17) is 42.1 Å². The molecule has 0 unspecified atom stereocenters. The molecule has 0 radical (unpaired) electrons. The maximum Gasteiger partial charge on any atom is 0.170 e. The Balaban J connectivity index is 0.000000168. The van der Waals surface area contributed by atoms with Crippen LogP contribution in [0.25, 0.3) is 0 Å². The zero-order valence-electron chi connectivity index (χ0n) is 37.2. The van der Waals surface area contributed by atoms with E-state index in [1.165, 1.54) is 18.4 Å². The fourth-order valence-corrected chi connectivity index (χ4v) is 11.4. The fourth-order valence-electron chi connectivity index (χ4n) is 11.0. The van der Waals surface area contributed by atoms with E-state index in [2.05, 4.69) is 18.2 Å². The molecular formula is C52H60Cl2O13. The minimum absolute atomic E-state index is 0.0392. The first-order chi connectivity index (χ1) is 32.2. The van der Waals surface area contributed by atoms with Gasteiger partial charge in [-0.1, -0.05) is 65.7 Å². The SMILES string of the molecule is O=C1CC2(CCCC2)Oc2ccc(Cc3cc([C@@H]4O[C@H](CO)[C@@H](O)[C@H](O)[C@H]4O)ccc3Cl)cc21.OC[C@H]1O[C@@H](c2ccc(Cl)c(Cc3ccc4c(c3)CCC3(CCCC3)O4)c2)[C@H](O)[C@@H](O)[C@@H]1O. The van der Waals surface area contributed by atoms with E-state index < -0.39 is 74.3 Å². The van der Waals surface area contributed by atoms with Gasteiger partial charge >= 0.3 is 0 Å². The second-order valence-electron chi connectivity index (χ2n) is 19.4. The first-order valence-electron chi connectivity index (χ1n) is 23.5. The summed E-state index contributed by atoms with van der Waals surface area (Å²) in [5.41, 5.74) is 6.36. The summed E-state index contributed by atoms with van der Waals surface area (Å²) in [4.78, 5) is 12.9. The van der Waals surface area contributed by atoms with Gasteiger partial charge in [-0.05, 0) is 146 Å². The van der Waals surface area contributed by atoms with E-state index >= 15 is 0 Å². The van der Waals surface area contributed by atoms with Gasteiger partial charge in [0.15, 0.2) is 5.78 Å². The molecule has 2 saturated carbocycles. The minimum atomic E-state index is -1.45. The van der Waals surface area contributed by atoms with Crippen LogP contribution in [0.3, 0.4) is 0 Å². The highest BCUT2D eigenvalue weighted by Crippen LogP contribution is 2.45. The number of fused-ring (bicyclic) bond motifs is 2. The summed E-state index contributed by atoms with van der Waals surface area (Å²) in [6, 6.07) is 22.5. The van der Waals surface area contributed by atoms with E-state index in [0.29, 0.717) is 51.7 Å². The Morgan fingerprint density at radius 3 is 1.54 bits per heavy atom. The lowest BCUT2D eigenvalue weighted by molar-refractivity contribution is -0.231. The Morgan fingerprint density at radius 1 is 0.537 bits per heavy atom. The molecule has 0 aromatic heterocycles. The molecular weight excluding hydrogens is 903 g/mol. The first kappa shape index (κ1) is 48.4. The molecule has 15 heteroatoms. The second-order valence-corrected chi connectivity index (χ2v) is 20.2. The molecule has 13 nitrogen and oxygen atoms in total. The van der Waals surface area contributed by atoms with Crippen molar-refractivity contribution in [1.29, 1.82) is 0 Å². The molecule has 2 saturated heterocycles. The van der Waals surface area contributed by atoms with Gasteiger partial charge in [0.05, 0.1) is 25.2 Å². The quantitative estimate of drug-likeness (QED) is 0.105. The third kappa shape index (κ3) is 9.91. The number of ether oxygens (including phenoxy) is 4. The highest BCUT2D eigenvalue weighted by molar-refractivity contribution is 6.31. The molecule has 10 rings (SSSR count). The number of carbonyl (C=O) groups is 1. The van der Waals surface area contributed by atoms with Crippen LogP contribution in [0.1, 0.15) is 126 Å². The summed E-state index contributed by atoms with van der Waals surface area (Å²) in [6.07, 6.45) is 0.231. The number of aliphatic hydroxyl groups is 8. The van der Waals surface area contributed by atoms with Crippen LogP contribution < -0.4 is 9.47 Å². The Labute approximate surface area is 399 Å². The number of aryl methyl sites for hydroxylation is 1. The number of Topliss-reactive ketones (excluding diaryl/α,β-unsaturated/α-hetero) is 1. The lowest BCUT2D eigenvalue weighted by Gasteiger charge is -2.40. The molecule has 4 fully saturated rings. The third-order valence-corrected chi connectivity index (χ3v) is 15.6. The normalized spacial score (nSPS) is 30.5. The molecule has 4 aromatic carbocycles. The maximum absolute atomic E-state index is 12.9. The highest BCUT2D eigenvalue weighted by atomic mass is 35.5. The predicted octanol–water partition coefficient (Wildman–Crippen LogP) is 5.81. The molecule has 10 atom stereocenters. The number of rotatable bonds is 8. The van der Waals surface area contributed by atoms with E-state index in [9.17, 15) is 45.6 Å². The van der Waals surface area contributed by atoms with E-state index in [1.54, 1.807) is 30.3 Å². The van der Waals surface area contributed by atoms with Gasteiger partial charge in [-0.25, -0.2) is 0 Å². The average Bonchev–Trinajstić information content (AvgIpc) is 3.99. The van der Waals surface area contributed by atoms with Crippen LogP contribution in [-0.2, 0) is 28.7 Å². The summed E-state index contributed by atoms with van der Waals surface area (Å²) in [5, 5.41) is 81.4. The molecule has 2 spiro atoms. The van der Waals surface area contributed by atoms with Crippen molar-refractivity contribution in [3.63, 3.8) is 0 Å². The average molecular weight is 964 g/mol. The third-order valence-electron chi connectivity index (χ3n) is 14.9. The topological polar surface area (TPSA) is 216 Å². The van der Waals surface area contributed by atoms with Gasteiger partial charge in [-0.2, -0.15) is 0 Å². The Bertz CT molecular complexity index is 2410. The van der Waals surface area contributed by atoms with Crippen LogP contribution in [0, 0.1) is 0 Å². The number of carbonyl (C=O) groups excluding carboxylic acids is 1. The zero-order chi connectivity index (χ0) is 47.2. The molecule has 360 valence electrons. The zero-order valence-corrected chi connectivity index (χ0v) is 38.7. The molecule has 8 N–H and O–H groups in total. The van der Waals surface area contributed by atoms with Gasteiger partial charge in [0.2, 0.25) is 0 Å². The molecule has 0 bridgehead atoms. The van der Waals surface area contributed by atoms with Crippen LogP contribution in [0.2, 0.25) is 10.0 Å². The summed E-state index contributed by atoms with van der Waals surface area (Å²) in [7, 11) is 0. The van der Waals surface area contributed by atoms with Gasteiger partial charge in [-0.15, -0.1) is 0 Å². The van der Waals surface area contributed by atoms with Gasteiger partial charge in [0.1, 0.15) is 83.7 Å². The number of hydrogen-bond acceptors (Lipinski definition) is 13. The van der Waals surface area contributed by atoms with Crippen molar-refractivity contribution >= 4 is 29.0 Å². The molecule has 2 aliphatic carbocycles. The number of hydrogen-bond donors (Lipinski definition) is 8. The van der Waals surface area contributed by atoms with Crippen LogP contribution in [0.5, 0.6) is 11.5 Å². The number of aliphatic hydroxyl groups excluding tert-OH is 8. The van der Waals surface area contributed by atoms with Crippen LogP contribution in [0.15, 0.2) is 72.8 Å². The Kier molecular flexibility index (Phi) is 14.4. The van der Waals surface area contributed by atoms with E-state index in [1.807, 2.05) is 24.3 Å². The van der Waals surface area contributed by atoms with Gasteiger partial charge in [0, 0.05) is 10.0 Å². The van der Waals surface area contributed by atoms with Crippen molar-refractivity contribution in [3.05, 3.63) is 127 Å². The van der Waals surface area contributed by atoms with Gasteiger partial charge in [0.25, 0.3) is 0 Å². The Morgan fingerprint density at radius 2 is 1.01 bits per heavy atom. The van der Waals surface area contributed by atoms with Crippen molar-refractivity contribution in [1.82, 2.24) is 0 Å². The monoisotopic (exact) mass is 962 g/mol. The number of ketones is 1. The predicted molar refractivity (Wildman–Crippen MR) is 248 cm³/mol. The molecule has 4 heterocycles. The van der Waals surface area contributed by atoms with Crippen LogP contribution >= 0.6 is 23.2 Å². The first-order valence-corrected chi connectivity index (χ1v) is 24.3. The van der Waals surface area contributed by atoms with Crippen molar-refractivity contribution in [2.45, 2.75) is 156 Å². The molecule has 0 amide bonds. The lowest BCUT2D eigenvalue weighted by Crippen LogP contribution is -2.55. The highest BCUT2D eigenvalue weighted by Gasteiger charge is 2.46. The van der Waals surface area contributed by atoms with Crippen molar-refractivity contribution in [2.75, 3.05) is 13.2 Å². The fraction of sp³-hybridized carbons (Fsp3) is 0.519. The van der Waals surface area contributed by atoms with Crippen molar-refractivity contribution in [3.8, 4) is 11.5 Å². The second kappa shape index (κ2) is 20.0. The van der Waals surface area contributed by atoms with Crippen LogP contribution in [0.4, 0.5) is 0 Å². The van der Waals surface area contributed by atoms with Gasteiger partial charge < -0.3 is 59.8 Å². The summed E-state index contributed by atoms with van der Waals surface area (Å²) < 4.78 is 24.1. The summed E-state index contributed by atoms with van der Waals surface area (Å²) >= 11 is 13.0. The summed E-state index contributed by atoms with van der Waals surface area (Å²) in [6.45, 7) is -0.950. The van der Waals surface area contributed by atoms with E-state index in [-0.39, 0.29) is 17.0 Å². The standard InChI is InChI=1S/C26H29ClO7.C26H31ClO6/c27-18-5-4-15(25-24(32)23(31)22(30)21(13-28)33-25)11-16(18)9-14-3-6-20-17(10-14)19(29)12-26(34-20)7-1-2-8-26;27-19-5-4-17(25-24(31)23(30)22(29)21(14-28)32-25)13-18(19)12-15-3-6-20-16(11-15)7-10-26(33-20)8-1-2-9-26/h3-6,10-11,21-25,28,30-32H,1-2,7-9,12-13H2;3-6,11,13,21-25,28-31H,1-2,7-10,12,14H2/t2*21-,22-,23+,24-,25+/m11/s1.